The van der Waals surface area contributed by atoms with Crippen LogP contribution in [0.5, 0.6) is 0 Å². The van der Waals surface area contributed by atoms with Crippen LogP contribution in [0, 0.1) is 5.92 Å². The minimum Gasteiger partial charge on any atom is -0.389 e. The maximum atomic E-state index is 9.52. The first-order valence-electron chi connectivity index (χ1n) is 6.42. The summed E-state index contributed by atoms with van der Waals surface area (Å²) >= 11 is 0. The Morgan fingerprint density at radius 1 is 1.20 bits per heavy atom. The average Bonchev–Trinajstić information content (AvgIpc) is 2.15. The molecule has 0 spiro atoms. The molecule has 0 radical (unpaired) electrons. The third-order valence-corrected chi connectivity index (χ3v) is 2.83. The summed E-state index contributed by atoms with van der Waals surface area (Å²) in [5.41, 5.74) is -0.578. The number of nitrogens with one attached hydrogen (secondary N) is 1. The summed E-state index contributed by atoms with van der Waals surface area (Å²) < 4.78 is 0. The third-order valence-electron chi connectivity index (χ3n) is 2.83. The molecule has 15 heavy (non-hydrogen) atoms. The first-order valence-corrected chi connectivity index (χ1v) is 6.42. The topological polar surface area (TPSA) is 32.3 Å². The maximum absolute atomic E-state index is 9.52. The van der Waals surface area contributed by atoms with Crippen molar-refractivity contribution in [3.63, 3.8) is 0 Å². The van der Waals surface area contributed by atoms with Gasteiger partial charge >= 0.3 is 0 Å². The third kappa shape index (κ3) is 10.2. The van der Waals surface area contributed by atoms with Crippen LogP contribution in [0.15, 0.2) is 0 Å². The molecule has 0 saturated heterocycles. The van der Waals surface area contributed by atoms with Gasteiger partial charge in [0.1, 0.15) is 0 Å². The van der Waals surface area contributed by atoms with E-state index >= 15 is 0 Å². The number of aliphatic hydroxyl groups is 1. The van der Waals surface area contributed by atoms with Crippen LogP contribution in [0.1, 0.15) is 59.8 Å². The molecule has 0 aliphatic rings. The summed E-state index contributed by atoms with van der Waals surface area (Å²) in [6.45, 7) is 9.93. The van der Waals surface area contributed by atoms with E-state index in [-0.39, 0.29) is 0 Å². The summed E-state index contributed by atoms with van der Waals surface area (Å²) in [6.07, 6.45) is 6.53. The van der Waals surface area contributed by atoms with Crippen molar-refractivity contribution in [2.24, 2.45) is 5.92 Å². The smallest absolute Gasteiger partial charge is 0.0715 e. The van der Waals surface area contributed by atoms with Gasteiger partial charge in [0.15, 0.2) is 0 Å². The molecule has 0 saturated carbocycles. The van der Waals surface area contributed by atoms with Crippen molar-refractivity contribution in [3.8, 4) is 0 Å². The van der Waals surface area contributed by atoms with Crippen molar-refractivity contribution in [2.45, 2.75) is 65.4 Å². The van der Waals surface area contributed by atoms with E-state index in [4.69, 9.17) is 0 Å². The molecule has 0 fully saturated rings. The monoisotopic (exact) mass is 215 g/mol. The highest BCUT2D eigenvalue weighted by molar-refractivity contribution is 4.69. The summed E-state index contributed by atoms with van der Waals surface area (Å²) in [5, 5.41) is 12.8. The molecule has 0 aliphatic heterocycles. The molecule has 2 heteroatoms. The molecule has 0 aromatic carbocycles. The van der Waals surface area contributed by atoms with E-state index in [9.17, 15) is 5.11 Å². The summed E-state index contributed by atoms with van der Waals surface area (Å²) in [7, 11) is 0. The van der Waals surface area contributed by atoms with Gasteiger partial charge in [0.05, 0.1) is 5.60 Å². The van der Waals surface area contributed by atoms with E-state index < -0.39 is 5.60 Å². The minimum absolute atomic E-state index is 0.578. The Balaban J connectivity index is 3.46. The molecule has 0 heterocycles. The Kier molecular flexibility index (Phi) is 8.07. The Hall–Kier alpha value is -0.0800. The van der Waals surface area contributed by atoms with Crippen molar-refractivity contribution in [2.75, 3.05) is 13.1 Å². The predicted molar refractivity (Wildman–Crippen MR) is 67.1 cm³/mol. The second-order valence-corrected chi connectivity index (χ2v) is 5.19. The van der Waals surface area contributed by atoms with Crippen molar-refractivity contribution in [3.05, 3.63) is 0 Å². The van der Waals surface area contributed by atoms with Gasteiger partial charge in [0.2, 0.25) is 0 Å². The van der Waals surface area contributed by atoms with Crippen molar-refractivity contribution < 1.29 is 5.11 Å². The average molecular weight is 215 g/mol. The van der Waals surface area contributed by atoms with Gasteiger partial charge in [0, 0.05) is 6.54 Å². The highest BCUT2D eigenvalue weighted by Gasteiger charge is 2.11. The van der Waals surface area contributed by atoms with E-state index in [1.165, 1.54) is 32.1 Å². The molecule has 0 rings (SSSR count). The lowest BCUT2D eigenvalue weighted by Crippen LogP contribution is -2.35. The lowest BCUT2D eigenvalue weighted by Gasteiger charge is -2.19. The lowest BCUT2D eigenvalue weighted by atomic mass is 9.96. The molecule has 0 aromatic heterocycles. The highest BCUT2D eigenvalue weighted by atomic mass is 16.3. The summed E-state index contributed by atoms with van der Waals surface area (Å²) in [6, 6.07) is 0. The fraction of sp³-hybridized carbons (Fsp3) is 1.00. The van der Waals surface area contributed by atoms with Crippen molar-refractivity contribution in [1.29, 1.82) is 0 Å². The summed E-state index contributed by atoms with van der Waals surface area (Å²) in [4.78, 5) is 0. The van der Waals surface area contributed by atoms with Gasteiger partial charge in [-0.25, -0.2) is 0 Å². The Bertz CT molecular complexity index is 140. The first-order chi connectivity index (χ1) is 6.99. The standard InChI is InChI=1S/C13H29NO/c1-5-7-8-12(6-2)9-10-14-11-13(3,4)15/h12,14-15H,5-11H2,1-4H3. The van der Waals surface area contributed by atoms with Gasteiger partial charge in [-0.2, -0.15) is 0 Å². The molecule has 0 bridgehead atoms. The van der Waals surface area contributed by atoms with Crippen LogP contribution in [0.3, 0.4) is 0 Å². The highest BCUT2D eigenvalue weighted by Crippen LogP contribution is 2.15. The quantitative estimate of drug-likeness (QED) is 0.580. The zero-order chi connectivity index (χ0) is 11.7. The maximum Gasteiger partial charge on any atom is 0.0715 e. The normalized spacial score (nSPS) is 14.2. The second-order valence-electron chi connectivity index (χ2n) is 5.19. The first kappa shape index (κ1) is 14.9. The van der Waals surface area contributed by atoms with Crippen LogP contribution in [-0.4, -0.2) is 23.8 Å². The number of unbranched alkanes of at least 4 members (excludes halogenated alkanes) is 1. The second kappa shape index (κ2) is 8.12. The van der Waals surface area contributed by atoms with Crippen LogP contribution >= 0.6 is 0 Å². The van der Waals surface area contributed by atoms with Crippen LogP contribution in [-0.2, 0) is 0 Å². The van der Waals surface area contributed by atoms with E-state index in [1.807, 2.05) is 13.8 Å². The fourth-order valence-electron chi connectivity index (χ4n) is 1.75. The van der Waals surface area contributed by atoms with Gasteiger partial charge in [-0.1, -0.05) is 39.5 Å². The van der Waals surface area contributed by atoms with E-state index in [2.05, 4.69) is 19.2 Å². The minimum atomic E-state index is -0.578. The Morgan fingerprint density at radius 3 is 2.33 bits per heavy atom. The van der Waals surface area contributed by atoms with E-state index in [0.717, 1.165) is 12.5 Å². The fourth-order valence-corrected chi connectivity index (χ4v) is 1.75. The van der Waals surface area contributed by atoms with Gasteiger partial charge in [-0.15, -0.1) is 0 Å². The van der Waals surface area contributed by atoms with Gasteiger partial charge in [0.25, 0.3) is 0 Å². The molecule has 1 atom stereocenters. The van der Waals surface area contributed by atoms with Crippen LogP contribution in [0.2, 0.25) is 0 Å². The zero-order valence-corrected chi connectivity index (χ0v) is 11.0. The Morgan fingerprint density at radius 2 is 1.87 bits per heavy atom. The van der Waals surface area contributed by atoms with Crippen LogP contribution in [0.25, 0.3) is 0 Å². The Labute approximate surface area is 95.5 Å². The van der Waals surface area contributed by atoms with Gasteiger partial charge in [-0.3, -0.25) is 0 Å². The molecule has 0 aromatic rings. The predicted octanol–water partition coefficient (Wildman–Crippen LogP) is 2.95. The van der Waals surface area contributed by atoms with Crippen molar-refractivity contribution in [1.82, 2.24) is 5.32 Å². The molecule has 2 N–H and O–H groups in total. The zero-order valence-electron chi connectivity index (χ0n) is 11.0. The molecule has 0 aliphatic carbocycles. The molecule has 1 unspecified atom stereocenters. The van der Waals surface area contributed by atoms with E-state index in [1.54, 1.807) is 0 Å². The number of hydrogen-bond donors (Lipinski definition) is 2. The molecule has 2 nitrogen and oxygen atoms in total. The van der Waals surface area contributed by atoms with Crippen LogP contribution < -0.4 is 5.32 Å². The molecule has 92 valence electrons. The largest absolute Gasteiger partial charge is 0.389 e. The molecular weight excluding hydrogens is 186 g/mol. The van der Waals surface area contributed by atoms with E-state index in [0.29, 0.717) is 6.54 Å². The van der Waals surface area contributed by atoms with Gasteiger partial charge < -0.3 is 10.4 Å². The molecule has 0 amide bonds. The molecular formula is C13H29NO. The number of hydrogen-bond acceptors (Lipinski definition) is 2. The van der Waals surface area contributed by atoms with Gasteiger partial charge in [-0.05, 0) is 32.7 Å². The lowest BCUT2D eigenvalue weighted by molar-refractivity contribution is 0.0795. The SMILES string of the molecule is CCCCC(CC)CCNCC(C)(C)O. The van der Waals surface area contributed by atoms with Crippen molar-refractivity contribution >= 4 is 0 Å². The number of rotatable bonds is 9. The summed E-state index contributed by atoms with van der Waals surface area (Å²) in [5.74, 6) is 0.860. The van der Waals surface area contributed by atoms with Crippen LogP contribution in [0.4, 0.5) is 0 Å².